The summed E-state index contributed by atoms with van der Waals surface area (Å²) in [5.41, 5.74) is 2.26. The van der Waals surface area contributed by atoms with Crippen LogP contribution in [0.15, 0.2) is 54.6 Å². The van der Waals surface area contributed by atoms with Gasteiger partial charge in [-0.1, -0.05) is 49.7 Å². The van der Waals surface area contributed by atoms with Gasteiger partial charge in [0.1, 0.15) is 0 Å². The van der Waals surface area contributed by atoms with Crippen molar-refractivity contribution in [2.24, 2.45) is 0 Å². The Bertz CT molecular complexity index is 739. The van der Waals surface area contributed by atoms with E-state index in [0.717, 1.165) is 31.2 Å². The van der Waals surface area contributed by atoms with Gasteiger partial charge in [0.2, 0.25) is 5.91 Å². The molecule has 25 heavy (non-hydrogen) atoms. The van der Waals surface area contributed by atoms with E-state index in [1.165, 1.54) is 0 Å². The molecule has 130 valence electrons. The van der Waals surface area contributed by atoms with E-state index in [4.69, 9.17) is 0 Å². The summed E-state index contributed by atoms with van der Waals surface area (Å²) in [6, 6.07) is 17.3. The van der Waals surface area contributed by atoms with Gasteiger partial charge in [0, 0.05) is 17.3 Å². The average Bonchev–Trinajstić information content (AvgIpc) is 3.44. The van der Waals surface area contributed by atoms with Gasteiger partial charge in [-0.05, 0) is 43.0 Å². The summed E-state index contributed by atoms with van der Waals surface area (Å²) in [5, 5.41) is 5.94. The van der Waals surface area contributed by atoms with E-state index in [-0.39, 0.29) is 17.7 Å². The van der Waals surface area contributed by atoms with E-state index < -0.39 is 0 Å². The van der Waals surface area contributed by atoms with Crippen LogP contribution in [0.1, 0.15) is 54.4 Å². The van der Waals surface area contributed by atoms with Crippen molar-refractivity contribution in [3.63, 3.8) is 0 Å². The fourth-order valence-electron chi connectivity index (χ4n) is 2.89. The van der Waals surface area contributed by atoms with E-state index in [1.54, 1.807) is 18.2 Å². The summed E-state index contributed by atoms with van der Waals surface area (Å²) in [6.45, 7) is 2.08. The number of benzene rings is 2. The lowest BCUT2D eigenvalue weighted by molar-refractivity contribution is -0.117. The van der Waals surface area contributed by atoms with E-state index in [0.29, 0.717) is 17.3 Å². The molecular weight excluding hydrogens is 312 g/mol. The smallest absolute Gasteiger partial charge is 0.251 e. The van der Waals surface area contributed by atoms with Crippen LogP contribution in [0.5, 0.6) is 0 Å². The van der Waals surface area contributed by atoms with Crippen molar-refractivity contribution in [3.05, 3.63) is 65.7 Å². The molecule has 2 aromatic carbocycles. The molecule has 1 aliphatic rings. The molecule has 2 aromatic rings. The van der Waals surface area contributed by atoms with Crippen LogP contribution < -0.4 is 10.6 Å². The molecule has 0 saturated heterocycles. The molecule has 0 bridgehead atoms. The van der Waals surface area contributed by atoms with E-state index in [2.05, 4.69) is 17.6 Å². The third-order valence-corrected chi connectivity index (χ3v) is 4.40. The van der Waals surface area contributed by atoms with Crippen molar-refractivity contribution in [3.8, 4) is 0 Å². The number of hydrogen-bond acceptors (Lipinski definition) is 2. The molecule has 0 aliphatic heterocycles. The topological polar surface area (TPSA) is 58.2 Å². The second-order valence-corrected chi connectivity index (χ2v) is 6.57. The van der Waals surface area contributed by atoms with Gasteiger partial charge in [-0.3, -0.25) is 9.59 Å². The molecule has 0 radical (unpaired) electrons. The van der Waals surface area contributed by atoms with E-state index in [9.17, 15) is 9.59 Å². The quantitative estimate of drug-likeness (QED) is 0.800. The SMILES string of the molecule is CCCC(C(=O)Nc1cccc(C(=O)NC2CC2)c1)c1ccccc1. The summed E-state index contributed by atoms with van der Waals surface area (Å²) >= 11 is 0. The Kier molecular flexibility index (Phi) is 5.49. The van der Waals surface area contributed by atoms with Crippen molar-refractivity contribution >= 4 is 17.5 Å². The van der Waals surface area contributed by atoms with Crippen LogP contribution in [0, 0.1) is 0 Å². The summed E-state index contributed by atoms with van der Waals surface area (Å²) in [5.74, 6) is -0.297. The van der Waals surface area contributed by atoms with Gasteiger partial charge in [0.15, 0.2) is 0 Å². The second kappa shape index (κ2) is 7.97. The molecule has 2 amide bonds. The maximum absolute atomic E-state index is 12.8. The van der Waals surface area contributed by atoms with Gasteiger partial charge < -0.3 is 10.6 Å². The minimum atomic E-state index is -0.185. The van der Waals surface area contributed by atoms with Crippen molar-refractivity contribution in [1.29, 1.82) is 0 Å². The first-order valence-corrected chi connectivity index (χ1v) is 8.94. The number of carbonyl (C=O) groups excluding carboxylic acids is 2. The third-order valence-electron chi connectivity index (χ3n) is 4.40. The molecule has 1 aliphatic carbocycles. The first-order valence-electron chi connectivity index (χ1n) is 8.94. The average molecular weight is 336 g/mol. The molecule has 0 heterocycles. The molecule has 4 nitrogen and oxygen atoms in total. The first-order chi connectivity index (χ1) is 12.2. The largest absolute Gasteiger partial charge is 0.349 e. The maximum Gasteiger partial charge on any atom is 0.251 e. The highest BCUT2D eigenvalue weighted by atomic mass is 16.2. The van der Waals surface area contributed by atoms with E-state index in [1.807, 2.05) is 36.4 Å². The Balaban J connectivity index is 1.71. The Morgan fingerprint density at radius 3 is 2.52 bits per heavy atom. The zero-order valence-electron chi connectivity index (χ0n) is 14.5. The standard InChI is InChI=1S/C21H24N2O2/c1-2-7-19(15-8-4-3-5-9-15)21(25)23-18-11-6-10-16(14-18)20(24)22-17-12-13-17/h3-6,8-11,14,17,19H,2,7,12-13H2,1H3,(H,22,24)(H,23,25). The molecule has 2 N–H and O–H groups in total. The lowest BCUT2D eigenvalue weighted by Crippen LogP contribution is -2.25. The fourth-order valence-corrected chi connectivity index (χ4v) is 2.89. The Morgan fingerprint density at radius 1 is 1.08 bits per heavy atom. The van der Waals surface area contributed by atoms with Crippen LogP contribution in [0.25, 0.3) is 0 Å². The Morgan fingerprint density at radius 2 is 1.84 bits per heavy atom. The van der Waals surface area contributed by atoms with Crippen LogP contribution in [0.4, 0.5) is 5.69 Å². The lowest BCUT2D eigenvalue weighted by atomic mass is 9.93. The summed E-state index contributed by atoms with van der Waals surface area (Å²) in [6.07, 6.45) is 3.82. The summed E-state index contributed by atoms with van der Waals surface area (Å²) < 4.78 is 0. The number of carbonyl (C=O) groups is 2. The van der Waals surface area contributed by atoms with Gasteiger partial charge in [0.05, 0.1) is 5.92 Å². The second-order valence-electron chi connectivity index (χ2n) is 6.57. The molecule has 1 saturated carbocycles. The number of hydrogen-bond donors (Lipinski definition) is 2. The van der Waals surface area contributed by atoms with Gasteiger partial charge in [0.25, 0.3) is 5.91 Å². The van der Waals surface area contributed by atoms with Crippen LogP contribution in [0.3, 0.4) is 0 Å². The molecule has 0 spiro atoms. The number of amides is 2. The molecule has 0 aromatic heterocycles. The monoisotopic (exact) mass is 336 g/mol. The Hall–Kier alpha value is -2.62. The van der Waals surface area contributed by atoms with Crippen LogP contribution >= 0.6 is 0 Å². The van der Waals surface area contributed by atoms with Gasteiger partial charge in [-0.25, -0.2) is 0 Å². The first kappa shape index (κ1) is 17.2. The normalized spacial score (nSPS) is 14.6. The molecule has 1 fully saturated rings. The molecule has 3 rings (SSSR count). The highest BCUT2D eigenvalue weighted by molar-refractivity contribution is 5.99. The molecular formula is C21H24N2O2. The van der Waals surface area contributed by atoms with E-state index >= 15 is 0 Å². The van der Waals surface area contributed by atoms with Gasteiger partial charge in [-0.15, -0.1) is 0 Å². The molecule has 1 atom stereocenters. The van der Waals surface area contributed by atoms with Crippen molar-refractivity contribution in [1.82, 2.24) is 5.32 Å². The highest BCUT2D eigenvalue weighted by Crippen LogP contribution is 2.24. The minimum Gasteiger partial charge on any atom is -0.349 e. The Labute approximate surface area is 148 Å². The molecule has 1 unspecified atom stereocenters. The summed E-state index contributed by atoms with van der Waals surface area (Å²) in [4.78, 5) is 24.9. The van der Waals surface area contributed by atoms with Crippen LogP contribution in [-0.4, -0.2) is 17.9 Å². The maximum atomic E-state index is 12.8. The third kappa shape index (κ3) is 4.69. The number of rotatable bonds is 7. The molecule has 4 heteroatoms. The van der Waals surface area contributed by atoms with Crippen molar-refractivity contribution in [2.45, 2.75) is 44.6 Å². The summed E-state index contributed by atoms with van der Waals surface area (Å²) in [7, 11) is 0. The van der Waals surface area contributed by atoms with Crippen LogP contribution in [-0.2, 0) is 4.79 Å². The zero-order valence-corrected chi connectivity index (χ0v) is 14.5. The van der Waals surface area contributed by atoms with Crippen LogP contribution in [0.2, 0.25) is 0 Å². The van der Waals surface area contributed by atoms with Gasteiger partial charge in [-0.2, -0.15) is 0 Å². The predicted octanol–water partition coefficient (Wildman–Crippen LogP) is 4.10. The van der Waals surface area contributed by atoms with Gasteiger partial charge >= 0.3 is 0 Å². The minimum absolute atomic E-state index is 0.0344. The predicted molar refractivity (Wildman–Crippen MR) is 99.7 cm³/mol. The van der Waals surface area contributed by atoms with Crippen molar-refractivity contribution in [2.75, 3.05) is 5.32 Å². The number of nitrogens with one attached hydrogen (secondary N) is 2. The highest BCUT2D eigenvalue weighted by Gasteiger charge is 2.24. The van der Waals surface area contributed by atoms with Crippen molar-refractivity contribution < 1.29 is 9.59 Å². The zero-order chi connectivity index (χ0) is 17.6. The number of anilines is 1. The lowest BCUT2D eigenvalue weighted by Gasteiger charge is -2.17. The fraction of sp³-hybridized carbons (Fsp3) is 0.333.